The van der Waals surface area contributed by atoms with Crippen LogP contribution in [-0.4, -0.2) is 28.7 Å². The van der Waals surface area contributed by atoms with Crippen molar-refractivity contribution in [1.82, 2.24) is 15.0 Å². The maximum absolute atomic E-state index is 4.97. The summed E-state index contributed by atoms with van der Waals surface area (Å²) in [7, 11) is 3.52. The Hall–Kier alpha value is -0.420. The van der Waals surface area contributed by atoms with E-state index in [2.05, 4.69) is 26.2 Å². The summed E-state index contributed by atoms with van der Waals surface area (Å²) in [6.07, 6.45) is 1.72. The summed E-state index contributed by atoms with van der Waals surface area (Å²) in [4.78, 5) is 0.174. The Labute approximate surface area is 73.7 Å². The van der Waals surface area contributed by atoms with E-state index in [1.54, 1.807) is 18.0 Å². The van der Waals surface area contributed by atoms with Crippen LogP contribution in [0.25, 0.3) is 0 Å². The van der Waals surface area contributed by atoms with Gasteiger partial charge in [0.2, 0.25) is 0 Å². The van der Waals surface area contributed by atoms with Crippen molar-refractivity contribution in [2.24, 2.45) is 7.05 Å². The largest absolute Gasteiger partial charge is 0.383 e. The van der Waals surface area contributed by atoms with Gasteiger partial charge in [0.15, 0.2) is 0 Å². The van der Waals surface area contributed by atoms with E-state index >= 15 is 0 Å². The summed E-state index contributed by atoms with van der Waals surface area (Å²) in [5.74, 6) is 0. The predicted octanol–water partition coefficient (Wildman–Crippen LogP) is 0.898. The van der Waals surface area contributed by atoms with Crippen molar-refractivity contribution < 1.29 is 4.74 Å². The molecule has 0 aromatic carbocycles. The van der Waals surface area contributed by atoms with Gasteiger partial charge in [0, 0.05) is 14.2 Å². The van der Waals surface area contributed by atoms with Crippen molar-refractivity contribution in [2.75, 3.05) is 13.7 Å². The number of halogens is 1. The molecule has 0 spiro atoms. The van der Waals surface area contributed by atoms with Crippen LogP contribution in [0, 0.1) is 0 Å². The smallest absolute Gasteiger partial charge is 0.0814 e. The van der Waals surface area contributed by atoms with E-state index in [0.717, 1.165) is 5.69 Å². The Kier molecular flexibility index (Phi) is 3.02. The number of hydrogen-bond acceptors (Lipinski definition) is 3. The van der Waals surface area contributed by atoms with Crippen LogP contribution in [0.1, 0.15) is 10.5 Å². The van der Waals surface area contributed by atoms with Gasteiger partial charge >= 0.3 is 0 Å². The van der Waals surface area contributed by atoms with E-state index in [9.17, 15) is 0 Å². The molecule has 0 N–H and O–H groups in total. The Morgan fingerprint density at radius 1 is 1.82 bits per heavy atom. The molecule has 0 bridgehead atoms. The van der Waals surface area contributed by atoms with E-state index < -0.39 is 0 Å². The molecule has 1 unspecified atom stereocenters. The van der Waals surface area contributed by atoms with Crippen molar-refractivity contribution >= 4 is 15.9 Å². The fourth-order valence-electron chi connectivity index (χ4n) is 0.813. The molecular formula is C6H10BrN3O. The number of aromatic nitrogens is 3. The maximum Gasteiger partial charge on any atom is 0.0814 e. The Balaban J connectivity index is 2.67. The second-order valence-corrected chi connectivity index (χ2v) is 3.31. The van der Waals surface area contributed by atoms with E-state index in [1.165, 1.54) is 0 Å². The van der Waals surface area contributed by atoms with Crippen molar-refractivity contribution in [3.63, 3.8) is 0 Å². The Bertz CT molecular complexity index is 225. The first-order chi connectivity index (χ1) is 5.25. The molecule has 0 fully saturated rings. The van der Waals surface area contributed by atoms with Crippen LogP contribution in [0.3, 0.4) is 0 Å². The summed E-state index contributed by atoms with van der Waals surface area (Å²) in [5, 5.41) is 7.55. The number of ether oxygens (including phenoxy) is 1. The maximum atomic E-state index is 4.97. The fourth-order valence-corrected chi connectivity index (χ4v) is 1.49. The Morgan fingerprint density at radius 2 is 2.55 bits per heavy atom. The molecule has 1 heterocycles. The summed E-state index contributed by atoms with van der Waals surface area (Å²) in [5.41, 5.74) is 1.02. The third kappa shape index (κ3) is 2.00. The second kappa shape index (κ2) is 3.82. The van der Waals surface area contributed by atoms with Crippen LogP contribution < -0.4 is 0 Å². The van der Waals surface area contributed by atoms with Gasteiger partial charge < -0.3 is 4.74 Å². The second-order valence-electron chi connectivity index (χ2n) is 2.21. The first kappa shape index (κ1) is 8.67. The third-order valence-corrected chi connectivity index (χ3v) is 2.12. The molecule has 0 aliphatic heterocycles. The molecule has 1 aromatic rings. The van der Waals surface area contributed by atoms with Crippen LogP contribution >= 0.6 is 15.9 Å². The van der Waals surface area contributed by atoms with E-state index in [1.807, 2.05) is 7.05 Å². The van der Waals surface area contributed by atoms with Gasteiger partial charge in [-0.1, -0.05) is 21.1 Å². The fraction of sp³-hybridized carbons (Fsp3) is 0.667. The van der Waals surface area contributed by atoms with E-state index in [4.69, 9.17) is 4.74 Å². The monoisotopic (exact) mass is 219 g/mol. The van der Waals surface area contributed by atoms with Crippen LogP contribution in [0.4, 0.5) is 0 Å². The quantitative estimate of drug-likeness (QED) is 0.710. The molecule has 1 aromatic heterocycles. The van der Waals surface area contributed by atoms with Gasteiger partial charge in [0.05, 0.1) is 23.3 Å². The average molecular weight is 220 g/mol. The molecule has 0 amide bonds. The van der Waals surface area contributed by atoms with Gasteiger partial charge in [0.25, 0.3) is 0 Å². The zero-order valence-electron chi connectivity index (χ0n) is 6.49. The molecule has 0 radical (unpaired) electrons. The number of methoxy groups -OCH3 is 1. The van der Waals surface area contributed by atoms with Gasteiger partial charge in [-0.05, 0) is 0 Å². The van der Waals surface area contributed by atoms with Gasteiger partial charge in [0.1, 0.15) is 0 Å². The Morgan fingerprint density at radius 3 is 3.00 bits per heavy atom. The molecule has 0 saturated heterocycles. The lowest BCUT2D eigenvalue weighted by Crippen LogP contribution is -2.05. The lowest BCUT2D eigenvalue weighted by molar-refractivity contribution is 0.199. The molecule has 11 heavy (non-hydrogen) atoms. The molecular weight excluding hydrogens is 210 g/mol. The zero-order valence-corrected chi connectivity index (χ0v) is 8.08. The highest BCUT2D eigenvalue weighted by Gasteiger charge is 2.10. The minimum absolute atomic E-state index is 0.174. The SMILES string of the molecule is COCC(Br)c1cnnn1C. The van der Waals surface area contributed by atoms with Crippen LogP contribution in [-0.2, 0) is 11.8 Å². The van der Waals surface area contributed by atoms with Crippen LogP contribution in [0.2, 0.25) is 0 Å². The molecule has 4 nitrogen and oxygen atoms in total. The van der Waals surface area contributed by atoms with E-state index in [0.29, 0.717) is 6.61 Å². The van der Waals surface area contributed by atoms with Gasteiger partial charge in [-0.25, -0.2) is 0 Å². The lowest BCUT2D eigenvalue weighted by atomic mass is 10.3. The standard InChI is InChI=1S/C6H10BrN3O/c1-10-6(3-8-9-10)5(7)4-11-2/h3,5H,4H2,1-2H3. The summed E-state index contributed by atoms with van der Waals surface area (Å²) in [6.45, 7) is 0.626. The number of hydrogen-bond donors (Lipinski definition) is 0. The van der Waals surface area contributed by atoms with Gasteiger partial charge in [-0.15, -0.1) is 5.10 Å². The minimum atomic E-state index is 0.174. The first-order valence-electron chi connectivity index (χ1n) is 3.23. The highest BCUT2D eigenvalue weighted by molar-refractivity contribution is 9.09. The molecule has 5 heteroatoms. The number of nitrogens with zero attached hydrogens (tertiary/aromatic N) is 3. The number of alkyl halides is 1. The molecule has 0 saturated carbocycles. The molecule has 1 rings (SSSR count). The topological polar surface area (TPSA) is 39.9 Å². The summed E-state index contributed by atoms with van der Waals surface area (Å²) >= 11 is 3.45. The third-order valence-electron chi connectivity index (χ3n) is 1.38. The van der Waals surface area contributed by atoms with Crippen LogP contribution in [0.15, 0.2) is 6.20 Å². The van der Waals surface area contributed by atoms with Gasteiger partial charge in [-0.3, -0.25) is 4.68 Å². The highest BCUT2D eigenvalue weighted by atomic mass is 79.9. The summed E-state index contributed by atoms with van der Waals surface area (Å²) < 4.78 is 6.69. The molecule has 1 atom stereocenters. The molecule has 0 aliphatic rings. The number of rotatable bonds is 3. The number of aryl methyl sites for hydroxylation is 1. The van der Waals surface area contributed by atoms with Crippen molar-refractivity contribution in [1.29, 1.82) is 0 Å². The minimum Gasteiger partial charge on any atom is -0.383 e. The van der Waals surface area contributed by atoms with Gasteiger partial charge in [-0.2, -0.15) is 0 Å². The molecule has 0 aliphatic carbocycles. The highest BCUT2D eigenvalue weighted by Crippen LogP contribution is 2.20. The average Bonchev–Trinajstić information content (AvgIpc) is 2.36. The normalized spacial score (nSPS) is 13.4. The van der Waals surface area contributed by atoms with Crippen molar-refractivity contribution in [2.45, 2.75) is 4.83 Å². The van der Waals surface area contributed by atoms with Crippen LogP contribution in [0.5, 0.6) is 0 Å². The molecule has 62 valence electrons. The first-order valence-corrected chi connectivity index (χ1v) is 4.15. The zero-order chi connectivity index (χ0) is 8.27. The predicted molar refractivity (Wildman–Crippen MR) is 44.5 cm³/mol. The van der Waals surface area contributed by atoms with Crippen molar-refractivity contribution in [3.05, 3.63) is 11.9 Å². The summed E-state index contributed by atoms with van der Waals surface area (Å²) in [6, 6.07) is 0. The lowest BCUT2D eigenvalue weighted by Gasteiger charge is -2.06. The van der Waals surface area contributed by atoms with E-state index in [-0.39, 0.29) is 4.83 Å². The van der Waals surface area contributed by atoms with Crippen molar-refractivity contribution in [3.8, 4) is 0 Å².